The summed E-state index contributed by atoms with van der Waals surface area (Å²) >= 11 is 0. The van der Waals surface area contributed by atoms with E-state index < -0.39 is 0 Å². The molecular formula is C114H99N3O2. The fourth-order valence-electron chi connectivity index (χ4n) is 22.9. The molecule has 0 N–H and O–H groups in total. The minimum Gasteiger partial charge on any atom is -0.456 e. The van der Waals surface area contributed by atoms with Gasteiger partial charge in [-0.25, -0.2) is 0 Å². The average molecular weight is 1540 g/mol. The van der Waals surface area contributed by atoms with E-state index in [4.69, 9.17) is 8.83 Å². The second-order valence-corrected chi connectivity index (χ2v) is 35.8. The van der Waals surface area contributed by atoms with E-state index in [0.717, 1.165) is 114 Å². The SMILES string of the molecule is CC1(C)c2ccccc2-c2ccc(N(c3ccc(C4CC5CCC4C5)cc3)c3ccc4oc5ccccc5c4c3)cc21.c1ccc(-c2ccc(N(c3ccccc3)c3ccc(C4CC5CCC4C5)cc3)cc2)cc1.c1ccc(-c2ccccc2-c2ccc(N(c3ccc(C4CC5CCC4C5)cc3)c3ccc4oc5ccccc5c4c3)cc2)cc1. The number of anilines is 9. The summed E-state index contributed by atoms with van der Waals surface area (Å²) in [6.45, 7) is 4.72. The van der Waals surface area contributed by atoms with Gasteiger partial charge in [0.2, 0.25) is 0 Å². The summed E-state index contributed by atoms with van der Waals surface area (Å²) in [7, 11) is 0. The van der Waals surface area contributed by atoms with Crippen LogP contribution in [0.2, 0.25) is 0 Å². The van der Waals surface area contributed by atoms with Crippen molar-refractivity contribution in [3.05, 3.63) is 392 Å². The van der Waals surface area contributed by atoms with Crippen molar-refractivity contribution in [2.75, 3.05) is 14.7 Å². The molecule has 2 heterocycles. The van der Waals surface area contributed by atoms with E-state index in [9.17, 15) is 0 Å². The fourth-order valence-corrected chi connectivity index (χ4v) is 22.9. The number of benzene rings is 15. The predicted octanol–water partition coefficient (Wildman–Crippen LogP) is 32.3. The Morgan fingerprint density at radius 2 is 0.538 bits per heavy atom. The molecule has 6 saturated carbocycles. The lowest BCUT2D eigenvalue weighted by molar-refractivity contribution is 0.420. The van der Waals surface area contributed by atoms with E-state index in [1.54, 1.807) is 0 Å². The number of nitrogens with zero attached hydrogens (tertiary/aromatic N) is 3. The third-order valence-electron chi connectivity index (χ3n) is 28.7. The summed E-state index contributed by atoms with van der Waals surface area (Å²) < 4.78 is 12.4. The molecule has 582 valence electrons. The van der Waals surface area contributed by atoms with E-state index in [0.29, 0.717) is 0 Å². The van der Waals surface area contributed by atoms with Crippen molar-refractivity contribution in [3.63, 3.8) is 0 Å². The zero-order valence-corrected chi connectivity index (χ0v) is 68.0. The summed E-state index contributed by atoms with van der Waals surface area (Å²) in [6.07, 6.45) is 17.0. The Morgan fingerprint density at radius 3 is 0.983 bits per heavy atom. The van der Waals surface area contributed by atoms with E-state index in [-0.39, 0.29) is 5.41 Å². The van der Waals surface area contributed by atoms with E-state index in [1.807, 2.05) is 18.2 Å². The lowest BCUT2D eigenvalue weighted by Gasteiger charge is -2.29. The maximum Gasteiger partial charge on any atom is 0.135 e. The van der Waals surface area contributed by atoms with Crippen molar-refractivity contribution >= 4 is 95.1 Å². The molecule has 119 heavy (non-hydrogen) atoms. The molecule has 9 unspecified atom stereocenters. The van der Waals surface area contributed by atoms with Gasteiger partial charge in [-0.3, -0.25) is 0 Å². The number of fused-ring (bicyclic) bond motifs is 15. The van der Waals surface area contributed by atoms with Crippen molar-refractivity contribution in [1.82, 2.24) is 0 Å². The van der Waals surface area contributed by atoms with Gasteiger partial charge in [-0.05, 0) is 317 Å². The lowest BCUT2D eigenvalue weighted by Crippen LogP contribution is -2.16. The summed E-state index contributed by atoms with van der Waals surface area (Å²) in [5.74, 6) is 7.79. The van der Waals surface area contributed by atoms with Crippen LogP contribution < -0.4 is 14.7 Å². The van der Waals surface area contributed by atoms with Gasteiger partial charge in [-0.15, -0.1) is 0 Å². The maximum atomic E-state index is 6.20. The second kappa shape index (κ2) is 30.7. The third-order valence-corrected chi connectivity index (χ3v) is 28.7. The first-order valence-corrected chi connectivity index (χ1v) is 43.9. The molecule has 2 aromatic heterocycles. The highest BCUT2D eigenvalue weighted by Crippen LogP contribution is 2.58. The molecule has 5 nitrogen and oxygen atoms in total. The molecule has 6 fully saturated rings. The van der Waals surface area contributed by atoms with Crippen molar-refractivity contribution in [3.8, 4) is 44.5 Å². The van der Waals surface area contributed by atoms with Crippen LogP contribution in [0.3, 0.4) is 0 Å². The van der Waals surface area contributed by atoms with Crippen molar-refractivity contribution in [2.24, 2.45) is 35.5 Å². The summed E-state index contributed by atoms with van der Waals surface area (Å²) in [6, 6.07) is 133. The third kappa shape index (κ3) is 13.6. The van der Waals surface area contributed by atoms with Crippen LogP contribution in [0.4, 0.5) is 51.2 Å². The van der Waals surface area contributed by atoms with Crippen LogP contribution in [0.25, 0.3) is 88.4 Å². The van der Waals surface area contributed by atoms with Crippen molar-refractivity contribution in [2.45, 2.75) is 114 Å². The smallest absolute Gasteiger partial charge is 0.135 e. The van der Waals surface area contributed by atoms with Crippen LogP contribution in [0, 0.1) is 35.5 Å². The Kier molecular flexibility index (Phi) is 18.7. The molecule has 0 amide bonds. The van der Waals surface area contributed by atoms with Crippen LogP contribution >= 0.6 is 0 Å². The highest BCUT2D eigenvalue weighted by Gasteiger charge is 2.43. The molecule has 17 aromatic rings. The first-order valence-electron chi connectivity index (χ1n) is 43.9. The van der Waals surface area contributed by atoms with Crippen molar-refractivity contribution < 1.29 is 8.83 Å². The topological polar surface area (TPSA) is 36.0 Å². The molecular weight excluding hydrogens is 1440 g/mol. The molecule has 0 aliphatic heterocycles. The first-order chi connectivity index (χ1) is 58.7. The van der Waals surface area contributed by atoms with Crippen LogP contribution in [0.1, 0.15) is 136 Å². The zero-order chi connectivity index (χ0) is 79.1. The Hall–Kier alpha value is -12.7. The number of hydrogen-bond acceptors (Lipinski definition) is 5. The Morgan fingerprint density at radius 1 is 0.227 bits per heavy atom. The van der Waals surface area contributed by atoms with Gasteiger partial charge in [0.15, 0.2) is 0 Å². The monoisotopic (exact) mass is 1540 g/mol. The number of rotatable bonds is 15. The predicted molar refractivity (Wildman–Crippen MR) is 496 cm³/mol. The Balaban J connectivity index is 0.000000109. The first kappa shape index (κ1) is 72.7. The lowest BCUT2D eigenvalue weighted by atomic mass is 9.82. The minimum atomic E-state index is -0.0516. The summed E-state index contributed by atoms with van der Waals surface area (Å²) in [4.78, 5) is 7.18. The van der Waals surface area contributed by atoms with Crippen LogP contribution in [0.5, 0.6) is 0 Å². The van der Waals surface area contributed by atoms with Gasteiger partial charge in [-0.2, -0.15) is 0 Å². The largest absolute Gasteiger partial charge is 0.456 e. The van der Waals surface area contributed by atoms with Gasteiger partial charge >= 0.3 is 0 Å². The molecule has 6 bridgehead atoms. The standard InChI is InChI=1S/C43H35NO.C40H35NO.C31H29N/c1-2-8-30(9-3-1)37-10-4-5-11-38(37)31-16-20-34(21-17-31)44(35-22-18-32(19-23-35)40-27-29-14-15-33(40)26-29)36-24-25-43-41(28-36)39-12-6-7-13-42(39)45-43;1-40(2)36-9-5-3-7-31(36)32-19-17-30(24-37(32)40)41(28-15-13-26(14-16-28)34-22-25-11-12-27(34)21-25)29-18-20-39-35(23-29)33-8-4-6-10-38(33)42-39;1-3-7-24(8-4-1)25-13-17-29(18-14-25)32(28-9-5-2-6-10-28)30-19-15-26(16-20-30)31-22-23-11-12-27(31)21-23/h1-13,16-25,28-29,33,40H,14-15,26-27H2;3-10,13-20,23-25,27,34H,11-12,21-22H2,1-2H3;1-10,13-20,23,27,31H,11-12,21-22H2. The number of hydrogen-bond donors (Lipinski definition) is 0. The highest BCUT2D eigenvalue weighted by atomic mass is 16.3. The second-order valence-electron chi connectivity index (χ2n) is 35.8. The van der Waals surface area contributed by atoms with E-state index in [1.165, 1.54) is 183 Å². The average Bonchev–Trinajstić information content (AvgIpc) is 1.59. The summed E-state index contributed by atoms with van der Waals surface area (Å²) in [5.41, 5.74) is 31.7. The maximum absolute atomic E-state index is 6.20. The molecule has 7 aliphatic carbocycles. The molecule has 9 atom stereocenters. The zero-order valence-electron chi connectivity index (χ0n) is 68.0. The van der Waals surface area contributed by atoms with Crippen LogP contribution in [-0.4, -0.2) is 0 Å². The minimum absolute atomic E-state index is 0.0516. The van der Waals surface area contributed by atoms with Crippen LogP contribution in [-0.2, 0) is 5.41 Å². The van der Waals surface area contributed by atoms with Gasteiger partial charge in [0, 0.05) is 78.1 Å². The normalized spacial score (nSPS) is 20.6. The van der Waals surface area contributed by atoms with Crippen molar-refractivity contribution in [1.29, 1.82) is 0 Å². The Bertz CT molecular complexity index is 6520. The molecule has 15 aromatic carbocycles. The van der Waals surface area contributed by atoms with Gasteiger partial charge in [-0.1, -0.05) is 264 Å². The summed E-state index contributed by atoms with van der Waals surface area (Å²) in [5, 5.41) is 4.60. The molecule has 0 spiro atoms. The Labute approximate surface area is 699 Å². The quantitative estimate of drug-likeness (QED) is 0.102. The molecule has 0 saturated heterocycles. The number of para-hydroxylation sites is 3. The number of furan rings is 2. The van der Waals surface area contributed by atoms with E-state index >= 15 is 0 Å². The molecule has 24 rings (SSSR count). The van der Waals surface area contributed by atoms with E-state index in [2.05, 4.69) is 374 Å². The van der Waals surface area contributed by atoms with Crippen LogP contribution in [0.15, 0.2) is 373 Å². The van der Waals surface area contributed by atoms with Gasteiger partial charge in [0.05, 0.1) is 0 Å². The van der Waals surface area contributed by atoms with Gasteiger partial charge in [0.25, 0.3) is 0 Å². The highest BCUT2D eigenvalue weighted by molar-refractivity contribution is 6.08. The molecule has 5 heteroatoms. The van der Waals surface area contributed by atoms with Gasteiger partial charge < -0.3 is 23.5 Å². The van der Waals surface area contributed by atoms with Gasteiger partial charge in [0.1, 0.15) is 22.3 Å². The molecule has 0 radical (unpaired) electrons. The fraction of sp³-hybridized carbons (Fsp3) is 0.211. The molecule has 7 aliphatic rings.